The highest BCUT2D eigenvalue weighted by atomic mass is 16.6. The van der Waals surface area contributed by atoms with Crippen molar-refractivity contribution in [2.45, 2.75) is 12.8 Å². The summed E-state index contributed by atoms with van der Waals surface area (Å²) in [5.41, 5.74) is 3.24. The van der Waals surface area contributed by atoms with E-state index in [-0.39, 0.29) is 11.5 Å². The number of aromatic amines is 1. The van der Waals surface area contributed by atoms with Crippen LogP contribution in [0.15, 0.2) is 36.7 Å². The van der Waals surface area contributed by atoms with Gasteiger partial charge < -0.3 is 4.98 Å². The van der Waals surface area contributed by atoms with Gasteiger partial charge in [0.25, 0.3) is 0 Å². The number of nitrogens with zero attached hydrogens (tertiary/aromatic N) is 2. The maximum absolute atomic E-state index is 10.3. The Hall–Kier alpha value is -2.43. The van der Waals surface area contributed by atoms with Crippen LogP contribution in [0.5, 0.6) is 0 Å². The zero-order valence-corrected chi connectivity index (χ0v) is 10.3. The molecule has 5 nitrogen and oxygen atoms in total. The summed E-state index contributed by atoms with van der Waals surface area (Å²) in [5, 5.41) is 12.6. The third kappa shape index (κ3) is 2.27. The third-order valence-electron chi connectivity index (χ3n) is 3.27. The molecule has 3 aromatic rings. The number of benzene rings is 1. The molecule has 0 saturated heterocycles. The van der Waals surface area contributed by atoms with Gasteiger partial charge in [0.15, 0.2) is 0 Å². The van der Waals surface area contributed by atoms with Crippen molar-refractivity contribution in [1.82, 2.24) is 9.97 Å². The molecule has 1 N–H and O–H groups in total. The molecule has 96 valence electrons. The molecule has 0 saturated carbocycles. The van der Waals surface area contributed by atoms with E-state index in [1.165, 1.54) is 0 Å². The van der Waals surface area contributed by atoms with Gasteiger partial charge in [0.1, 0.15) is 0 Å². The van der Waals surface area contributed by atoms with Gasteiger partial charge in [0, 0.05) is 45.5 Å². The molecule has 0 unspecified atom stereocenters. The average Bonchev–Trinajstić information content (AvgIpc) is 2.76. The highest BCUT2D eigenvalue weighted by Gasteiger charge is 2.05. The summed E-state index contributed by atoms with van der Waals surface area (Å²) >= 11 is 0. The molecule has 0 aliphatic heterocycles. The van der Waals surface area contributed by atoms with Crippen molar-refractivity contribution in [3.8, 4) is 0 Å². The summed E-state index contributed by atoms with van der Waals surface area (Å²) in [7, 11) is 0. The Bertz CT molecular complexity index is 749. The van der Waals surface area contributed by atoms with Crippen LogP contribution in [0.1, 0.15) is 12.0 Å². The van der Waals surface area contributed by atoms with Crippen LogP contribution in [-0.4, -0.2) is 21.4 Å². The maximum Gasteiger partial charge on any atom is 0.204 e. The van der Waals surface area contributed by atoms with Gasteiger partial charge in [-0.25, -0.2) is 0 Å². The van der Waals surface area contributed by atoms with E-state index >= 15 is 0 Å². The number of hydrogen-bond acceptors (Lipinski definition) is 3. The molecule has 3 rings (SSSR count). The van der Waals surface area contributed by atoms with Gasteiger partial charge in [-0.05, 0) is 24.1 Å². The van der Waals surface area contributed by atoms with Gasteiger partial charge in [-0.3, -0.25) is 15.1 Å². The predicted octanol–water partition coefficient (Wildman–Crippen LogP) is 2.93. The lowest BCUT2D eigenvalue weighted by Crippen LogP contribution is -2.01. The smallest absolute Gasteiger partial charge is 0.204 e. The van der Waals surface area contributed by atoms with Crippen molar-refractivity contribution >= 4 is 21.8 Å². The van der Waals surface area contributed by atoms with Crippen LogP contribution in [0.2, 0.25) is 0 Å². The zero-order valence-electron chi connectivity index (χ0n) is 10.3. The molecule has 2 aromatic heterocycles. The molecular weight excluding hydrogens is 242 g/mol. The first kappa shape index (κ1) is 11.6. The number of rotatable bonds is 4. The maximum atomic E-state index is 10.3. The Balaban J connectivity index is 1.92. The molecule has 1 aromatic carbocycles. The normalized spacial score (nSPS) is 11.2. The first-order chi connectivity index (χ1) is 9.24. The van der Waals surface area contributed by atoms with Crippen molar-refractivity contribution in [2.24, 2.45) is 0 Å². The second-order valence-electron chi connectivity index (χ2n) is 4.59. The molecule has 0 aliphatic rings. The average molecular weight is 255 g/mol. The van der Waals surface area contributed by atoms with Crippen molar-refractivity contribution in [3.63, 3.8) is 0 Å². The van der Waals surface area contributed by atoms with E-state index in [9.17, 15) is 10.1 Å². The van der Waals surface area contributed by atoms with Gasteiger partial charge in [0.05, 0.1) is 0 Å². The molecule has 0 atom stereocenters. The fourth-order valence-electron chi connectivity index (χ4n) is 2.36. The highest BCUT2D eigenvalue weighted by molar-refractivity contribution is 6.06. The monoisotopic (exact) mass is 255 g/mol. The fourth-order valence-corrected chi connectivity index (χ4v) is 2.36. The Labute approximate surface area is 109 Å². The molecule has 0 fully saturated rings. The van der Waals surface area contributed by atoms with Gasteiger partial charge in [-0.15, -0.1) is 0 Å². The Kier molecular flexibility index (Phi) is 2.87. The number of aryl methyl sites for hydroxylation is 1. The van der Waals surface area contributed by atoms with Crippen molar-refractivity contribution in [1.29, 1.82) is 0 Å². The van der Waals surface area contributed by atoms with E-state index in [0.717, 1.165) is 33.8 Å². The van der Waals surface area contributed by atoms with Crippen LogP contribution in [0.4, 0.5) is 0 Å². The number of hydrogen-bond donors (Lipinski definition) is 1. The summed E-state index contributed by atoms with van der Waals surface area (Å²) in [4.78, 5) is 17.5. The molecule has 0 radical (unpaired) electrons. The fraction of sp³-hybridized carbons (Fsp3) is 0.214. The van der Waals surface area contributed by atoms with Crippen LogP contribution < -0.4 is 0 Å². The molecule has 2 heterocycles. The molecular formula is C14H13N3O2. The summed E-state index contributed by atoms with van der Waals surface area (Å²) in [6.07, 6.45) is 4.90. The first-order valence-electron chi connectivity index (χ1n) is 6.20. The number of H-pyrrole nitrogens is 1. The number of nitrogens with one attached hydrogen (secondary N) is 1. The topological polar surface area (TPSA) is 71.8 Å². The van der Waals surface area contributed by atoms with Gasteiger partial charge >= 0.3 is 0 Å². The van der Waals surface area contributed by atoms with Crippen LogP contribution >= 0.6 is 0 Å². The molecule has 5 heteroatoms. The minimum atomic E-state index is -0.271. The summed E-state index contributed by atoms with van der Waals surface area (Å²) in [6.45, 7) is 0.0225. The second-order valence-corrected chi connectivity index (χ2v) is 4.59. The van der Waals surface area contributed by atoms with Gasteiger partial charge in [0.2, 0.25) is 6.54 Å². The quantitative estimate of drug-likeness (QED) is 0.575. The third-order valence-corrected chi connectivity index (χ3v) is 3.27. The van der Waals surface area contributed by atoms with E-state index in [1.807, 2.05) is 18.3 Å². The van der Waals surface area contributed by atoms with Crippen LogP contribution in [-0.2, 0) is 6.42 Å². The lowest BCUT2D eigenvalue weighted by atomic mass is 10.1. The minimum absolute atomic E-state index is 0.0225. The number of pyridine rings is 1. The van der Waals surface area contributed by atoms with Crippen molar-refractivity contribution in [3.05, 3.63) is 52.3 Å². The van der Waals surface area contributed by atoms with Crippen molar-refractivity contribution < 1.29 is 4.92 Å². The van der Waals surface area contributed by atoms with E-state index in [0.29, 0.717) is 6.42 Å². The lowest BCUT2D eigenvalue weighted by molar-refractivity contribution is -0.480. The van der Waals surface area contributed by atoms with E-state index in [2.05, 4.69) is 22.1 Å². The molecule has 19 heavy (non-hydrogen) atoms. The van der Waals surface area contributed by atoms with E-state index < -0.39 is 0 Å². The lowest BCUT2D eigenvalue weighted by Gasteiger charge is -1.99. The first-order valence-corrected chi connectivity index (χ1v) is 6.20. The van der Waals surface area contributed by atoms with Crippen LogP contribution in [0.25, 0.3) is 21.8 Å². The SMILES string of the molecule is O=[N+]([O-])CCCc1ccc2c(c1)[nH]c1ccncc12. The Morgan fingerprint density at radius 2 is 2.11 bits per heavy atom. The number of nitro groups is 1. The summed E-state index contributed by atoms with van der Waals surface area (Å²) in [5.74, 6) is 0. The molecule has 0 amide bonds. The number of fused-ring (bicyclic) bond motifs is 3. The minimum Gasteiger partial charge on any atom is -0.354 e. The van der Waals surface area contributed by atoms with E-state index in [4.69, 9.17) is 0 Å². The van der Waals surface area contributed by atoms with E-state index in [1.54, 1.807) is 6.20 Å². The van der Waals surface area contributed by atoms with Gasteiger partial charge in [-0.1, -0.05) is 12.1 Å². The Morgan fingerprint density at radius 3 is 2.95 bits per heavy atom. The molecule has 0 aliphatic carbocycles. The zero-order chi connectivity index (χ0) is 13.2. The van der Waals surface area contributed by atoms with Crippen LogP contribution in [0.3, 0.4) is 0 Å². The van der Waals surface area contributed by atoms with Crippen LogP contribution in [0, 0.1) is 10.1 Å². The summed E-state index contributed by atoms with van der Waals surface area (Å²) in [6, 6.07) is 8.09. The highest BCUT2D eigenvalue weighted by Crippen LogP contribution is 2.25. The van der Waals surface area contributed by atoms with Crippen molar-refractivity contribution in [2.75, 3.05) is 6.54 Å². The number of aromatic nitrogens is 2. The standard InChI is InChI=1S/C14H13N3O2/c18-17(19)7-1-2-10-3-4-11-12-9-15-6-5-13(12)16-14(11)8-10/h3-6,8-9,16H,1-2,7H2. The predicted molar refractivity (Wildman–Crippen MR) is 73.8 cm³/mol. The second kappa shape index (κ2) is 4.68. The largest absolute Gasteiger partial charge is 0.354 e. The molecule has 0 spiro atoms. The van der Waals surface area contributed by atoms with Gasteiger partial charge in [-0.2, -0.15) is 0 Å². The Morgan fingerprint density at radius 1 is 1.21 bits per heavy atom. The molecule has 0 bridgehead atoms. The summed E-state index contributed by atoms with van der Waals surface area (Å²) < 4.78 is 0.